The second kappa shape index (κ2) is 2.21. The lowest BCUT2D eigenvalue weighted by Gasteiger charge is -1.87. The third-order valence-corrected chi connectivity index (χ3v) is 0.816. The van der Waals surface area contributed by atoms with Crippen molar-refractivity contribution in [3.8, 4) is 0 Å². The average molecular weight is 125 g/mol. The molecule has 0 saturated carbocycles. The largest absolute Gasteiger partial charge is 0.364 e. The Balaban J connectivity index is 2.98. The molecule has 1 heterocycles. The van der Waals surface area contributed by atoms with Gasteiger partial charge in [-0.15, -0.1) is 0 Å². The first-order chi connectivity index (χ1) is 4.30. The van der Waals surface area contributed by atoms with Gasteiger partial charge in [-0.3, -0.25) is 9.78 Å². The number of aromatic nitrogens is 2. The van der Waals surface area contributed by atoms with Crippen LogP contribution in [0, 0.1) is 0 Å². The highest BCUT2D eigenvalue weighted by Crippen LogP contribution is 1.84. The fourth-order valence-electron chi connectivity index (χ4n) is 0.426. The summed E-state index contributed by atoms with van der Waals surface area (Å²) in [6.07, 6.45) is 4.22. The topological polar surface area (TPSA) is 68.9 Å². The number of rotatable bonds is 1. The van der Waals surface area contributed by atoms with Crippen LogP contribution in [0.15, 0.2) is 18.6 Å². The normalized spacial score (nSPS) is 8.89. The smallest absolute Gasteiger partial charge is 0.268 e. The van der Waals surface area contributed by atoms with Gasteiger partial charge < -0.3 is 5.73 Å². The van der Waals surface area contributed by atoms with Crippen LogP contribution in [0.1, 0.15) is 10.5 Å². The Morgan fingerprint density at radius 2 is 2.33 bits per heavy atom. The van der Waals surface area contributed by atoms with Gasteiger partial charge in [-0.05, 0) is 0 Å². The molecule has 1 aromatic rings. The Bertz CT molecular complexity index is 209. The van der Waals surface area contributed by atoms with E-state index in [1.807, 2.05) is 0 Å². The highest BCUT2D eigenvalue weighted by molar-refractivity contribution is 5.90. The van der Waals surface area contributed by atoms with Gasteiger partial charge in [0.05, 0.1) is 6.20 Å². The lowest BCUT2D eigenvalue weighted by atomic mass is 10.8. The highest BCUT2D eigenvalue weighted by atomic mass is 16.2. The molecule has 1 rings (SSSR count). The average Bonchev–Trinajstić information content (AvgIpc) is 1.90. The summed E-state index contributed by atoms with van der Waals surface area (Å²) in [7, 11) is 0. The summed E-state index contributed by atoms with van der Waals surface area (Å²) in [5.74, 6) is -0.553. The second-order valence-electron chi connectivity index (χ2n) is 1.45. The highest BCUT2D eigenvalue weighted by Gasteiger charge is 1.97. The van der Waals surface area contributed by atoms with Crippen LogP contribution >= 0.6 is 0 Å². The Morgan fingerprint density at radius 1 is 1.56 bits per heavy atom. The number of nitrogens with two attached hydrogens (primary N) is 1. The minimum atomic E-state index is -0.553. The molecular formula is C5H5N3O. The molecular weight excluding hydrogens is 120 g/mol. The van der Waals surface area contributed by atoms with E-state index in [0.29, 0.717) is 0 Å². The third kappa shape index (κ3) is 1.22. The molecule has 1 amide bonds. The zero-order valence-corrected chi connectivity index (χ0v) is 4.61. The van der Waals surface area contributed by atoms with Gasteiger partial charge in [-0.2, -0.15) is 0 Å². The number of carbonyl (C=O) groups is 1. The molecule has 0 aliphatic heterocycles. The second-order valence-corrected chi connectivity index (χ2v) is 1.45. The monoisotopic (exact) mass is 125 g/mol. The molecule has 1 aromatic heterocycles. The Morgan fingerprint density at radius 3 is 2.67 bits per heavy atom. The van der Waals surface area contributed by atoms with Crippen molar-refractivity contribution in [1.82, 2.24) is 9.97 Å². The van der Waals surface area contributed by atoms with E-state index in [1.54, 1.807) is 0 Å². The van der Waals surface area contributed by atoms with E-state index in [0.717, 1.165) is 0 Å². The summed E-state index contributed by atoms with van der Waals surface area (Å²) in [6.45, 7) is 0. The van der Waals surface area contributed by atoms with E-state index >= 15 is 0 Å². The Labute approximate surface area is 51.7 Å². The lowest BCUT2D eigenvalue weighted by molar-refractivity contribution is 0.0995. The minimum absolute atomic E-state index is 0.192. The van der Waals surface area contributed by atoms with Crippen molar-refractivity contribution >= 4 is 5.91 Å². The standard InChI is InChI=1S/C5H5N3O/c6-5(9)4-3-7-1-2-8-4/h1-3H,(H2,6,9)/i3+1,4+1. The van der Waals surface area contributed by atoms with Crippen molar-refractivity contribution in [1.29, 1.82) is 0 Å². The van der Waals surface area contributed by atoms with E-state index in [1.165, 1.54) is 18.6 Å². The fourth-order valence-corrected chi connectivity index (χ4v) is 0.426. The maximum atomic E-state index is 10.3. The van der Waals surface area contributed by atoms with Crippen LogP contribution in [0.25, 0.3) is 0 Å². The lowest BCUT2D eigenvalue weighted by Crippen LogP contribution is -2.12. The van der Waals surface area contributed by atoms with Gasteiger partial charge in [-0.25, -0.2) is 4.98 Å². The molecule has 2 N–H and O–H groups in total. The van der Waals surface area contributed by atoms with Gasteiger partial charge in [-0.1, -0.05) is 0 Å². The Kier molecular flexibility index (Phi) is 1.40. The number of nitrogens with zero attached hydrogens (tertiary/aromatic N) is 2. The maximum absolute atomic E-state index is 10.3. The predicted octanol–water partition coefficient (Wildman–Crippen LogP) is -0.425. The van der Waals surface area contributed by atoms with Crippen molar-refractivity contribution in [2.75, 3.05) is 0 Å². The van der Waals surface area contributed by atoms with Crippen molar-refractivity contribution in [2.45, 2.75) is 0 Å². The van der Waals surface area contributed by atoms with Crippen molar-refractivity contribution in [3.05, 3.63) is 24.3 Å². The maximum Gasteiger partial charge on any atom is 0.268 e. The molecule has 0 spiro atoms. The SMILES string of the molecule is NC(=O)[13c]1[13cH]nccn1. The summed E-state index contributed by atoms with van der Waals surface area (Å²) < 4.78 is 0. The molecule has 0 saturated heterocycles. The van der Waals surface area contributed by atoms with E-state index in [4.69, 9.17) is 5.73 Å². The zero-order chi connectivity index (χ0) is 6.69. The van der Waals surface area contributed by atoms with Gasteiger partial charge in [0.15, 0.2) is 0 Å². The molecule has 0 aromatic carbocycles. The molecule has 0 aliphatic rings. The first kappa shape index (κ1) is 5.68. The number of primary amides is 1. The van der Waals surface area contributed by atoms with Crippen LogP contribution in [0.3, 0.4) is 0 Å². The van der Waals surface area contributed by atoms with Crippen LogP contribution in [0.2, 0.25) is 0 Å². The van der Waals surface area contributed by atoms with Crippen LogP contribution < -0.4 is 5.73 Å². The molecule has 46 valence electrons. The molecule has 0 fully saturated rings. The quantitative estimate of drug-likeness (QED) is 0.554. The molecule has 0 unspecified atom stereocenters. The van der Waals surface area contributed by atoms with Gasteiger partial charge in [0.1, 0.15) is 5.69 Å². The first-order valence-electron chi connectivity index (χ1n) is 2.36. The van der Waals surface area contributed by atoms with Crippen LogP contribution in [0.5, 0.6) is 0 Å². The summed E-state index contributed by atoms with van der Waals surface area (Å²) in [6, 6.07) is 0. The molecule has 0 aliphatic carbocycles. The van der Waals surface area contributed by atoms with Crippen molar-refractivity contribution in [2.24, 2.45) is 5.73 Å². The molecule has 4 nitrogen and oxygen atoms in total. The van der Waals surface area contributed by atoms with E-state index < -0.39 is 5.91 Å². The van der Waals surface area contributed by atoms with E-state index in [-0.39, 0.29) is 5.69 Å². The number of carbonyl (C=O) groups excluding carboxylic acids is 1. The summed E-state index contributed by atoms with van der Waals surface area (Å²) in [5, 5.41) is 0. The van der Waals surface area contributed by atoms with Gasteiger partial charge in [0, 0.05) is 12.4 Å². The van der Waals surface area contributed by atoms with E-state index in [9.17, 15) is 4.79 Å². The predicted molar refractivity (Wildman–Crippen MR) is 30.5 cm³/mol. The number of hydrogen-bond donors (Lipinski definition) is 1. The van der Waals surface area contributed by atoms with Gasteiger partial charge in [0.25, 0.3) is 5.91 Å². The molecule has 4 heteroatoms. The van der Waals surface area contributed by atoms with Crippen LogP contribution in [-0.2, 0) is 0 Å². The molecule has 0 bridgehead atoms. The zero-order valence-electron chi connectivity index (χ0n) is 4.61. The Hall–Kier alpha value is -1.45. The third-order valence-electron chi connectivity index (χ3n) is 0.816. The van der Waals surface area contributed by atoms with Gasteiger partial charge in [0.2, 0.25) is 0 Å². The summed E-state index contributed by atoms with van der Waals surface area (Å²) >= 11 is 0. The van der Waals surface area contributed by atoms with Gasteiger partial charge >= 0.3 is 0 Å². The van der Waals surface area contributed by atoms with Crippen molar-refractivity contribution < 1.29 is 4.79 Å². The molecule has 0 radical (unpaired) electrons. The van der Waals surface area contributed by atoms with Crippen molar-refractivity contribution in [3.63, 3.8) is 0 Å². The fraction of sp³-hybridized carbons (Fsp3) is 0. The summed E-state index contributed by atoms with van der Waals surface area (Å²) in [5.41, 5.74) is 5.06. The van der Waals surface area contributed by atoms with Crippen LogP contribution in [-0.4, -0.2) is 15.9 Å². The number of hydrogen-bond acceptors (Lipinski definition) is 3. The minimum Gasteiger partial charge on any atom is -0.364 e. The first-order valence-corrected chi connectivity index (χ1v) is 2.36. The van der Waals surface area contributed by atoms with Crippen LogP contribution in [0.4, 0.5) is 0 Å². The number of amides is 1. The molecule has 0 atom stereocenters. The van der Waals surface area contributed by atoms with E-state index in [2.05, 4.69) is 9.97 Å². The molecule has 9 heavy (non-hydrogen) atoms. The summed E-state index contributed by atoms with van der Waals surface area (Å²) in [4.78, 5) is 17.6.